The maximum atomic E-state index is 12.8. The zero-order chi connectivity index (χ0) is 22.3. The first kappa shape index (κ1) is 23.3. The topological polar surface area (TPSA) is 102 Å². The van der Waals surface area contributed by atoms with E-state index in [1.807, 2.05) is 44.2 Å². The highest BCUT2D eigenvalue weighted by molar-refractivity contribution is 6.07. The molecule has 1 aliphatic heterocycles. The molecule has 1 fully saturated rings. The molecular weight excluding hydrogens is 386 g/mol. The van der Waals surface area contributed by atoms with Gasteiger partial charge in [0.15, 0.2) is 0 Å². The van der Waals surface area contributed by atoms with Gasteiger partial charge in [-0.05, 0) is 46.2 Å². The van der Waals surface area contributed by atoms with Crippen LogP contribution in [0.25, 0.3) is 0 Å². The first-order chi connectivity index (χ1) is 14.2. The summed E-state index contributed by atoms with van der Waals surface area (Å²) in [5.74, 6) is -1.13. The van der Waals surface area contributed by atoms with E-state index in [1.165, 1.54) is 0 Å². The Bertz CT molecular complexity index is 781. The summed E-state index contributed by atoms with van der Waals surface area (Å²) >= 11 is 0. The molecule has 30 heavy (non-hydrogen) atoms. The van der Waals surface area contributed by atoms with Crippen molar-refractivity contribution >= 4 is 23.8 Å². The van der Waals surface area contributed by atoms with Gasteiger partial charge in [-0.3, -0.25) is 24.7 Å². The predicted octanol–water partition coefficient (Wildman–Crippen LogP) is 0.761. The predicted molar refractivity (Wildman–Crippen MR) is 112 cm³/mol. The fourth-order valence-corrected chi connectivity index (χ4v) is 3.36. The molecule has 9 nitrogen and oxygen atoms in total. The first-order valence-electron chi connectivity index (χ1n) is 10.2. The number of imide groups is 1. The van der Waals surface area contributed by atoms with E-state index in [1.54, 1.807) is 23.8 Å². The number of likely N-dealkylation sites (N-methyl/N-ethyl adjacent to an activating group) is 2. The summed E-state index contributed by atoms with van der Waals surface area (Å²) in [5, 5.41) is 3.40. The molecule has 0 radical (unpaired) electrons. The summed E-state index contributed by atoms with van der Waals surface area (Å²) in [4.78, 5) is 52.8. The monoisotopic (exact) mass is 417 g/mol. The van der Waals surface area contributed by atoms with Gasteiger partial charge in [-0.1, -0.05) is 30.3 Å². The van der Waals surface area contributed by atoms with Crippen LogP contribution in [-0.4, -0.2) is 77.3 Å². The van der Waals surface area contributed by atoms with Crippen LogP contribution in [0.3, 0.4) is 0 Å². The van der Waals surface area contributed by atoms with E-state index in [-0.39, 0.29) is 19.0 Å². The Hall–Kier alpha value is -2.94. The quantitative estimate of drug-likeness (QED) is 0.548. The zero-order valence-corrected chi connectivity index (χ0v) is 18.1. The number of urea groups is 1. The molecule has 0 unspecified atom stereocenters. The molecule has 1 heterocycles. The lowest BCUT2D eigenvalue weighted by Crippen LogP contribution is -2.51. The normalized spacial score (nSPS) is 18.5. The maximum Gasteiger partial charge on any atom is 0.344 e. The van der Waals surface area contributed by atoms with Crippen molar-refractivity contribution in [3.05, 3.63) is 35.9 Å². The molecule has 164 valence electrons. The second-order valence-electron chi connectivity index (χ2n) is 7.66. The molecule has 2 rings (SSSR count). The van der Waals surface area contributed by atoms with Crippen molar-refractivity contribution in [3.63, 3.8) is 0 Å². The molecule has 1 atom stereocenters. The van der Waals surface area contributed by atoms with Crippen LogP contribution >= 0.6 is 0 Å². The van der Waals surface area contributed by atoms with Crippen LogP contribution in [0.4, 0.5) is 4.79 Å². The van der Waals surface area contributed by atoms with E-state index < -0.39 is 23.4 Å². The van der Waals surface area contributed by atoms with Gasteiger partial charge >= 0.3 is 6.03 Å². The van der Waals surface area contributed by atoms with E-state index in [0.717, 1.165) is 10.6 Å². The highest BCUT2D eigenvalue weighted by Crippen LogP contribution is 2.22. The summed E-state index contributed by atoms with van der Waals surface area (Å²) in [6.07, 6.45) is 1.02. The molecule has 0 spiro atoms. The molecule has 1 aromatic rings. The van der Waals surface area contributed by atoms with Gasteiger partial charge in [0.1, 0.15) is 5.54 Å². The van der Waals surface area contributed by atoms with Crippen LogP contribution in [-0.2, 0) is 20.8 Å². The van der Waals surface area contributed by atoms with Crippen molar-refractivity contribution < 1.29 is 19.2 Å². The molecule has 0 aliphatic carbocycles. The lowest BCUT2D eigenvalue weighted by Gasteiger charge is -2.24. The van der Waals surface area contributed by atoms with Crippen LogP contribution in [0.15, 0.2) is 30.3 Å². The summed E-state index contributed by atoms with van der Waals surface area (Å²) in [6.45, 7) is 6.58. The fourth-order valence-electron chi connectivity index (χ4n) is 3.36. The Balaban J connectivity index is 1.89. The van der Waals surface area contributed by atoms with E-state index >= 15 is 0 Å². The molecule has 0 saturated carbocycles. The number of rotatable bonds is 10. The Labute approximate surface area is 177 Å². The van der Waals surface area contributed by atoms with Crippen LogP contribution < -0.4 is 10.7 Å². The van der Waals surface area contributed by atoms with Crippen molar-refractivity contribution in [1.29, 1.82) is 0 Å². The summed E-state index contributed by atoms with van der Waals surface area (Å²) in [6, 6.07) is 9.00. The largest absolute Gasteiger partial charge is 0.344 e. The minimum absolute atomic E-state index is 0.0734. The van der Waals surface area contributed by atoms with Crippen LogP contribution in [0.2, 0.25) is 0 Å². The molecule has 1 saturated heterocycles. The van der Waals surface area contributed by atoms with Gasteiger partial charge in [-0.25, -0.2) is 4.79 Å². The number of nitrogens with zero attached hydrogens (tertiary/aromatic N) is 3. The van der Waals surface area contributed by atoms with Gasteiger partial charge in [0.2, 0.25) is 5.91 Å². The van der Waals surface area contributed by atoms with Crippen LogP contribution in [0, 0.1) is 0 Å². The average molecular weight is 418 g/mol. The van der Waals surface area contributed by atoms with Crippen molar-refractivity contribution in [3.8, 4) is 0 Å². The number of hydrazine groups is 1. The lowest BCUT2D eigenvalue weighted by atomic mass is 9.93. The lowest BCUT2D eigenvalue weighted by molar-refractivity contribution is -0.139. The fraction of sp³-hybridized carbons (Fsp3) is 0.524. The highest BCUT2D eigenvalue weighted by Gasteiger charge is 2.48. The van der Waals surface area contributed by atoms with E-state index in [4.69, 9.17) is 0 Å². The SMILES string of the molecule is CCN(CC)C(=O)CN(C)CC(=O)NN1C(=O)N[C@](C)(CCc2ccccc2)C1=O. The molecule has 2 N–H and O–H groups in total. The smallest absolute Gasteiger partial charge is 0.342 e. The third kappa shape index (κ3) is 5.79. The van der Waals surface area contributed by atoms with Gasteiger partial charge in [-0.2, -0.15) is 5.01 Å². The number of aryl methyl sites for hydroxylation is 1. The second-order valence-corrected chi connectivity index (χ2v) is 7.66. The van der Waals surface area contributed by atoms with Crippen molar-refractivity contribution in [2.75, 3.05) is 33.2 Å². The number of benzene rings is 1. The first-order valence-corrected chi connectivity index (χ1v) is 10.2. The van der Waals surface area contributed by atoms with Gasteiger partial charge < -0.3 is 10.2 Å². The summed E-state index contributed by atoms with van der Waals surface area (Å²) in [7, 11) is 1.64. The third-order valence-corrected chi connectivity index (χ3v) is 5.19. The standard InChI is InChI=1S/C21H31N5O4/c1-5-25(6-2)18(28)15-24(4)14-17(27)23-26-19(29)21(3,22-20(26)30)13-12-16-10-8-7-9-11-16/h7-11H,5-6,12-15H2,1-4H3,(H,22,30)(H,23,27)/t21-/m1/s1. The number of nitrogens with one attached hydrogen (secondary N) is 2. The van der Waals surface area contributed by atoms with Crippen molar-refractivity contribution in [2.24, 2.45) is 0 Å². The third-order valence-electron chi connectivity index (χ3n) is 5.19. The number of amides is 5. The van der Waals surface area contributed by atoms with Gasteiger partial charge in [0.05, 0.1) is 13.1 Å². The Kier molecular flexibility index (Phi) is 7.93. The molecule has 1 aromatic carbocycles. The van der Waals surface area contributed by atoms with Crippen LogP contribution in [0.5, 0.6) is 0 Å². The number of hydrogen-bond acceptors (Lipinski definition) is 5. The minimum Gasteiger partial charge on any atom is -0.342 e. The Morgan fingerprint density at radius 1 is 1.10 bits per heavy atom. The molecule has 1 aliphatic rings. The van der Waals surface area contributed by atoms with Crippen LogP contribution in [0.1, 0.15) is 32.8 Å². The molecular formula is C21H31N5O4. The zero-order valence-electron chi connectivity index (χ0n) is 18.1. The summed E-state index contributed by atoms with van der Waals surface area (Å²) < 4.78 is 0. The van der Waals surface area contributed by atoms with Crippen molar-refractivity contribution in [1.82, 2.24) is 25.6 Å². The second kappa shape index (κ2) is 10.2. The minimum atomic E-state index is -1.09. The van der Waals surface area contributed by atoms with Gasteiger partial charge in [0.25, 0.3) is 11.8 Å². The van der Waals surface area contributed by atoms with E-state index in [2.05, 4.69) is 10.7 Å². The van der Waals surface area contributed by atoms with E-state index in [9.17, 15) is 19.2 Å². The number of hydrogen-bond donors (Lipinski definition) is 2. The number of carbonyl (C=O) groups excluding carboxylic acids is 4. The molecule has 5 amide bonds. The molecule has 9 heteroatoms. The van der Waals surface area contributed by atoms with Gasteiger partial charge in [-0.15, -0.1) is 0 Å². The Morgan fingerprint density at radius 2 is 1.73 bits per heavy atom. The molecule has 0 bridgehead atoms. The maximum absolute atomic E-state index is 12.8. The summed E-state index contributed by atoms with van der Waals surface area (Å²) in [5.41, 5.74) is 2.33. The average Bonchev–Trinajstić information content (AvgIpc) is 2.91. The van der Waals surface area contributed by atoms with E-state index in [0.29, 0.717) is 25.9 Å². The van der Waals surface area contributed by atoms with Gasteiger partial charge in [0, 0.05) is 13.1 Å². The highest BCUT2D eigenvalue weighted by atomic mass is 16.2. The molecule has 0 aromatic heterocycles. The Morgan fingerprint density at radius 3 is 2.33 bits per heavy atom. The van der Waals surface area contributed by atoms with Crippen molar-refractivity contribution in [2.45, 2.75) is 39.2 Å². The number of carbonyl (C=O) groups is 4.